The molecule has 0 unspecified atom stereocenters. The minimum Gasteiger partial charge on any atom is -0.333 e. The van der Waals surface area contributed by atoms with E-state index in [1.807, 2.05) is 11.4 Å². The van der Waals surface area contributed by atoms with Crippen molar-refractivity contribution in [1.29, 1.82) is 0 Å². The molecule has 3 amide bonds. The zero-order valence-corrected chi connectivity index (χ0v) is 11.4. The van der Waals surface area contributed by atoms with Gasteiger partial charge in [0.25, 0.3) is 0 Å². The molecular formula is C9H10BrClN2O2S. The summed E-state index contributed by atoms with van der Waals surface area (Å²) in [6.45, 7) is 0.399. The van der Waals surface area contributed by atoms with Gasteiger partial charge < -0.3 is 5.32 Å². The molecule has 0 saturated carbocycles. The largest absolute Gasteiger partial charge is 0.333 e. The Labute approximate surface area is 110 Å². The van der Waals surface area contributed by atoms with E-state index in [-0.39, 0.29) is 18.2 Å². The van der Waals surface area contributed by atoms with Crippen LogP contribution in [0.2, 0.25) is 0 Å². The zero-order chi connectivity index (χ0) is 12.0. The molecule has 2 N–H and O–H groups in total. The van der Waals surface area contributed by atoms with Gasteiger partial charge in [-0.05, 0) is 22.0 Å². The summed E-state index contributed by atoms with van der Waals surface area (Å²) in [5.41, 5.74) is 0. The van der Waals surface area contributed by atoms with Crippen LogP contribution < -0.4 is 10.6 Å². The monoisotopic (exact) mass is 324 g/mol. The van der Waals surface area contributed by atoms with Crippen molar-refractivity contribution in [2.75, 3.05) is 5.88 Å². The first-order valence-electron chi connectivity index (χ1n) is 4.48. The number of carbonyl (C=O) groups excluding carboxylic acids is 2. The van der Waals surface area contributed by atoms with Crippen molar-refractivity contribution in [2.45, 2.75) is 13.0 Å². The minimum atomic E-state index is -0.500. The molecule has 4 nitrogen and oxygen atoms in total. The van der Waals surface area contributed by atoms with Crippen LogP contribution in [0.1, 0.15) is 11.3 Å². The smallest absolute Gasteiger partial charge is 0.321 e. The molecule has 0 fully saturated rings. The fourth-order valence-corrected chi connectivity index (χ4v) is 2.50. The quantitative estimate of drug-likeness (QED) is 0.836. The summed E-state index contributed by atoms with van der Waals surface area (Å²) in [6, 6.07) is 1.41. The first-order chi connectivity index (χ1) is 7.61. The molecule has 0 aliphatic carbocycles. The summed E-state index contributed by atoms with van der Waals surface area (Å²) in [4.78, 5) is 23.2. The highest BCUT2D eigenvalue weighted by atomic mass is 79.9. The van der Waals surface area contributed by atoms with E-state index in [1.54, 1.807) is 0 Å². The number of imide groups is 1. The molecule has 0 aliphatic rings. The van der Waals surface area contributed by atoms with Crippen molar-refractivity contribution in [3.8, 4) is 0 Å². The number of alkyl halides is 1. The second-order valence-electron chi connectivity index (χ2n) is 2.90. The lowest BCUT2D eigenvalue weighted by atomic mass is 10.4. The van der Waals surface area contributed by atoms with E-state index in [1.165, 1.54) is 11.3 Å². The highest BCUT2D eigenvalue weighted by molar-refractivity contribution is 9.10. The topological polar surface area (TPSA) is 58.2 Å². The van der Waals surface area contributed by atoms with Crippen molar-refractivity contribution in [2.24, 2.45) is 0 Å². The van der Waals surface area contributed by atoms with Crippen LogP contribution in [0.25, 0.3) is 0 Å². The van der Waals surface area contributed by atoms with Crippen LogP contribution in [-0.2, 0) is 11.3 Å². The fraction of sp³-hybridized carbons (Fsp3) is 0.333. The number of hydrogen-bond donors (Lipinski definition) is 2. The van der Waals surface area contributed by atoms with Crippen LogP contribution >= 0.6 is 38.9 Å². The Morgan fingerprint density at radius 2 is 2.25 bits per heavy atom. The molecule has 0 atom stereocenters. The average Bonchev–Trinajstić information content (AvgIpc) is 2.61. The number of halogens is 2. The third-order valence-corrected chi connectivity index (χ3v) is 3.51. The summed E-state index contributed by atoms with van der Waals surface area (Å²) < 4.78 is 0.980. The fourth-order valence-electron chi connectivity index (χ4n) is 0.933. The maximum atomic E-state index is 11.2. The molecule has 7 heteroatoms. The molecule has 0 spiro atoms. The Kier molecular flexibility index (Phi) is 5.79. The number of rotatable bonds is 4. The van der Waals surface area contributed by atoms with E-state index in [4.69, 9.17) is 11.6 Å². The number of thiophene rings is 1. The molecule has 16 heavy (non-hydrogen) atoms. The van der Waals surface area contributed by atoms with E-state index in [2.05, 4.69) is 26.6 Å². The Balaban J connectivity index is 2.27. The van der Waals surface area contributed by atoms with E-state index in [0.29, 0.717) is 6.54 Å². The summed E-state index contributed by atoms with van der Waals surface area (Å²) in [7, 11) is 0. The van der Waals surface area contributed by atoms with Gasteiger partial charge >= 0.3 is 6.03 Å². The lowest BCUT2D eigenvalue weighted by Crippen LogP contribution is -2.38. The van der Waals surface area contributed by atoms with Gasteiger partial charge in [0.15, 0.2) is 0 Å². The number of amides is 3. The first kappa shape index (κ1) is 13.5. The van der Waals surface area contributed by atoms with Gasteiger partial charge in [-0.15, -0.1) is 22.9 Å². The second kappa shape index (κ2) is 6.88. The number of urea groups is 1. The Bertz CT molecular complexity index is 383. The standard InChI is InChI=1S/C9H10BrClN2O2S/c10-6-3-7(16-5-6)4-12-9(15)13-8(14)1-2-11/h3,5H,1-2,4H2,(H2,12,13,14,15). The molecule has 0 radical (unpaired) electrons. The third kappa shape index (κ3) is 4.96. The molecule has 1 rings (SSSR count). The number of hydrogen-bond acceptors (Lipinski definition) is 3. The summed E-state index contributed by atoms with van der Waals surface area (Å²) in [5.74, 6) is -0.170. The molecule has 88 valence electrons. The summed E-state index contributed by atoms with van der Waals surface area (Å²) >= 11 is 10.2. The van der Waals surface area contributed by atoms with Crippen LogP contribution in [0.5, 0.6) is 0 Å². The van der Waals surface area contributed by atoms with Gasteiger partial charge in [0.05, 0.1) is 6.54 Å². The van der Waals surface area contributed by atoms with Gasteiger partial charge in [-0.25, -0.2) is 4.79 Å². The van der Waals surface area contributed by atoms with Gasteiger partial charge in [-0.3, -0.25) is 10.1 Å². The molecule has 0 aliphatic heterocycles. The first-order valence-corrected chi connectivity index (χ1v) is 6.69. The highest BCUT2D eigenvalue weighted by Gasteiger charge is 2.06. The minimum absolute atomic E-state index is 0.138. The molecule has 1 heterocycles. The molecule has 0 aromatic carbocycles. The predicted octanol–water partition coefficient (Wildman–Crippen LogP) is 2.47. The van der Waals surface area contributed by atoms with Gasteiger partial charge in [0.2, 0.25) is 5.91 Å². The van der Waals surface area contributed by atoms with Gasteiger partial charge in [-0.2, -0.15) is 0 Å². The van der Waals surface area contributed by atoms with E-state index in [9.17, 15) is 9.59 Å². The Morgan fingerprint density at radius 3 is 2.81 bits per heavy atom. The van der Waals surface area contributed by atoms with Crippen LogP contribution in [0.4, 0.5) is 4.79 Å². The number of nitrogens with one attached hydrogen (secondary N) is 2. The van der Waals surface area contributed by atoms with Gasteiger partial charge in [0.1, 0.15) is 0 Å². The van der Waals surface area contributed by atoms with Crippen molar-refractivity contribution in [3.05, 3.63) is 20.8 Å². The Hall–Kier alpha value is -0.590. The predicted molar refractivity (Wildman–Crippen MR) is 67.7 cm³/mol. The van der Waals surface area contributed by atoms with Crippen molar-refractivity contribution < 1.29 is 9.59 Å². The van der Waals surface area contributed by atoms with E-state index in [0.717, 1.165) is 9.35 Å². The second-order valence-corrected chi connectivity index (χ2v) is 5.19. The molecule has 1 aromatic rings. The van der Waals surface area contributed by atoms with Crippen molar-refractivity contribution in [1.82, 2.24) is 10.6 Å². The average molecular weight is 326 g/mol. The van der Waals surface area contributed by atoms with Crippen LogP contribution in [0.3, 0.4) is 0 Å². The van der Waals surface area contributed by atoms with E-state index < -0.39 is 6.03 Å². The van der Waals surface area contributed by atoms with Crippen molar-refractivity contribution in [3.63, 3.8) is 0 Å². The van der Waals surface area contributed by atoms with Gasteiger partial charge in [-0.1, -0.05) is 0 Å². The van der Waals surface area contributed by atoms with Crippen LogP contribution in [0, 0.1) is 0 Å². The Morgan fingerprint density at radius 1 is 1.50 bits per heavy atom. The highest BCUT2D eigenvalue weighted by Crippen LogP contribution is 2.19. The SMILES string of the molecule is O=C(CCCl)NC(=O)NCc1cc(Br)cs1. The lowest BCUT2D eigenvalue weighted by Gasteiger charge is -2.04. The third-order valence-electron chi connectivity index (χ3n) is 1.62. The molecule has 1 aromatic heterocycles. The number of carbonyl (C=O) groups is 2. The lowest BCUT2D eigenvalue weighted by molar-refractivity contribution is -0.119. The summed E-state index contributed by atoms with van der Waals surface area (Å²) in [5, 5.41) is 6.68. The maximum absolute atomic E-state index is 11.2. The van der Waals surface area contributed by atoms with Gasteiger partial charge in [0, 0.05) is 27.0 Å². The molecule has 0 bridgehead atoms. The normalized spacial score (nSPS) is 9.88. The summed E-state index contributed by atoms with van der Waals surface area (Å²) in [6.07, 6.45) is 0.138. The zero-order valence-electron chi connectivity index (χ0n) is 8.26. The van der Waals surface area contributed by atoms with Crippen molar-refractivity contribution >= 4 is 50.8 Å². The van der Waals surface area contributed by atoms with Crippen LogP contribution in [0.15, 0.2) is 15.9 Å². The van der Waals surface area contributed by atoms with Crippen LogP contribution in [-0.4, -0.2) is 17.8 Å². The molecular weight excluding hydrogens is 316 g/mol. The van der Waals surface area contributed by atoms with E-state index >= 15 is 0 Å². The maximum Gasteiger partial charge on any atom is 0.321 e. The molecule has 0 saturated heterocycles.